The number of ether oxygens (including phenoxy) is 4. The van der Waals surface area contributed by atoms with Crippen LogP contribution in [0.25, 0.3) is 10.4 Å². The quantitative estimate of drug-likeness (QED) is 0.106. The smallest absolute Gasteiger partial charge is 0.304 e. The van der Waals surface area contributed by atoms with Gasteiger partial charge in [-0.15, -0.1) is 0 Å². The Bertz CT molecular complexity index is 1040. The van der Waals surface area contributed by atoms with E-state index < -0.39 is 11.9 Å². The molecule has 3 rings (SSSR count). The first-order chi connectivity index (χ1) is 20.1. The second-order valence-corrected chi connectivity index (χ2v) is 10.2. The molecular formula is C29H43N5O7. The van der Waals surface area contributed by atoms with Crippen LogP contribution in [0.15, 0.2) is 28.3 Å². The number of hydrogen-bond donors (Lipinski definition) is 1. The van der Waals surface area contributed by atoms with Crippen LogP contribution in [0.1, 0.15) is 56.1 Å². The molecule has 41 heavy (non-hydrogen) atoms. The van der Waals surface area contributed by atoms with Gasteiger partial charge in [0.2, 0.25) is 5.91 Å². The fourth-order valence-corrected chi connectivity index (χ4v) is 4.94. The van der Waals surface area contributed by atoms with Crippen molar-refractivity contribution in [2.75, 3.05) is 65.9 Å². The summed E-state index contributed by atoms with van der Waals surface area (Å²) >= 11 is 0. The topological polar surface area (TPSA) is 156 Å². The molecule has 0 aliphatic carbocycles. The third-order valence-electron chi connectivity index (χ3n) is 7.07. The lowest BCUT2D eigenvalue weighted by Crippen LogP contribution is -2.37. The molecule has 1 N–H and O–H groups in total. The molecule has 1 amide bonds. The van der Waals surface area contributed by atoms with Crippen molar-refractivity contribution in [2.45, 2.75) is 57.9 Å². The molecule has 0 saturated carbocycles. The van der Waals surface area contributed by atoms with Crippen molar-refractivity contribution in [1.29, 1.82) is 0 Å². The van der Waals surface area contributed by atoms with Gasteiger partial charge in [-0.2, -0.15) is 0 Å². The highest BCUT2D eigenvalue weighted by molar-refractivity contribution is 5.85. The molecule has 0 spiro atoms. The van der Waals surface area contributed by atoms with E-state index in [1.54, 1.807) is 4.90 Å². The largest absolute Gasteiger partial charge is 0.494 e. The fraction of sp³-hybridized carbons (Fsp3) is 0.690. The molecule has 1 aromatic carbocycles. The Labute approximate surface area is 241 Å². The first kappa shape index (κ1) is 32.3. The second-order valence-electron chi connectivity index (χ2n) is 10.2. The van der Waals surface area contributed by atoms with E-state index in [9.17, 15) is 14.7 Å². The zero-order valence-corrected chi connectivity index (χ0v) is 23.9. The van der Waals surface area contributed by atoms with Crippen LogP contribution in [0.2, 0.25) is 0 Å². The number of benzene rings is 1. The monoisotopic (exact) mass is 573 g/mol. The average Bonchev–Trinajstić information content (AvgIpc) is 3.09. The third-order valence-corrected chi connectivity index (χ3v) is 7.07. The minimum absolute atomic E-state index is 0.172. The van der Waals surface area contributed by atoms with Gasteiger partial charge in [0.05, 0.1) is 58.6 Å². The van der Waals surface area contributed by atoms with Gasteiger partial charge >= 0.3 is 5.97 Å². The van der Waals surface area contributed by atoms with E-state index in [2.05, 4.69) is 15.0 Å². The first-order valence-electron chi connectivity index (χ1n) is 14.6. The van der Waals surface area contributed by atoms with Gasteiger partial charge < -0.3 is 29.0 Å². The lowest BCUT2D eigenvalue weighted by molar-refractivity contribution is -0.145. The van der Waals surface area contributed by atoms with Gasteiger partial charge in [-0.25, -0.2) is 0 Å². The van der Waals surface area contributed by atoms with Gasteiger partial charge in [-0.05, 0) is 73.7 Å². The average molecular weight is 574 g/mol. The van der Waals surface area contributed by atoms with E-state index >= 15 is 0 Å². The normalized spacial score (nSPS) is 16.9. The highest BCUT2D eigenvalue weighted by Crippen LogP contribution is 2.28. The van der Waals surface area contributed by atoms with Gasteiger partial charge in [0.1, 0.15) is 5.75 Å². The van der Waals surface area contributed by atoms with Crippen LogP contribution in [0.4, 0.5) is 0 Å². The molecule has 0 aromatic heterocycles. The molecule has 12 nitrogen and oxygen atoms in total. The Balaban J connectivity index is 1.43. The van der Waals surface area contributed by atoms with Gasteiger partial charge in [-0.1, -0.05) is 11.2 Å². The summed E-state index contributed by atoms with van der Waals surface area (Å²) in [5.41, 5.74) is 11.5. The summed E-state index contributed by atoms with van der Waals surface area (Å²) in [5.74, 6) is -1.01. The van der Waals surface area contributed by atoms with Crippen LogP contribution in [-0.4, -0.2) is 93.5 Å². The number of carboxylic acid groups (broad SMARTS) is 1. The van der Waals surface area contributed by atoms with E-state index in [1.165, 1.54) is 18.6 Å². The van der Waals surface area contributed by atoms with Crippen molar-refractivity contribution >= 4 is 17.6 Å². The Morgan fingerprint density at radius 2 is 1.83 bits per heavy atom. The number of carboxylic acids is 1. The van der Waals surface area contributed by atoms with Crippen LogP contribution in [-0.2, 0) is 36.8 Å². The third kappa shape index (κ3) is 12.5. The summed E-state index contributed by atoms with van der Waals surface area (Å²) in [6.45, 7) is 4.82. The molecule has 0 fully saturated rings. The van der Waals surface area contributed by atoms with Crippen molar-refractivity contribution in [3.63, 3.8) is 0 Å². The SMILES string of the molecule is [N-]=[N+]=NCCOCCOCCOCCN1Cc2cc(OCCCCC3=NCCCC3)ccc2C[C@@H](CC(=O)O)C1=O. The zero-order valence-electron chi connectivity index (χ0n) is 23.9. The fourth-order valence-electron chi connectivity index (χ4n) is 4.94. The number of fused-ring (bicyclic) bond motifs is 1. The van der Waals surface area contributed by atoms with Crippen LogP contribution >= 0.6 is 0 Å². The standard InChI is InChI=1S/C29H43N5O7/c30-33-32-10-13-38-15-17-40-18-16-39-14-11-34-22-25-20-27(41-12-4-2-6-26-5-1-3-9-31-26)8-7-23(25)19-24(29(34)37)21-28(35)36/h7-8,20,24H,1-6,9-19,21-22H2,(H,35,36)/t24-/m0/s1. The number of hydrogen-bond acceptors (Lipinski definition) is 8. The van der Waals surface area contributed by atoms with Gasteiger partial charge in [0, 0.05) is 36.8 Å². The molecule has 2 aliphatic heterocycles. The molecule has 2 aliphatic rings. The number of amides is 1. The minimum Gasteiger partial charge on any atom is -0.494 e. The number of rotatable bonds is 20. The second kappa shape index (κ2) is 19.0. The van der Waals surface area contributed by atoms with Gasteiger partial charge in [0.15, 0.2) is 0 Å². The Morgan fingerprint density at radius 3 is 2.56 bits per heavy atom. The zero-order chi connectivity index (χ0) is 29.1. The first-order valence-corrected chi connectivity index (χ1v) is 14.6. The summed E-state index contributed by atoms with van der Waals surface area (Å²) in [5, 5.41) is 12.8. The molecule has 0 unspecified atom stereocenters. The molecule has 1 atom stereocenters. The van der Waals surface area contributed by atoms with E-state index in [0.29, 0.717) is 65.8 Å². The molecular weight excluding hydrogens is 530 g/mol. The summed E-state index contributed by atoms with van der Waals surface area (Å²) < 4.78 is 22.4. The van der Waals surface area contributed by atoms with E-state index in [1.807, 2.05) is 18.2 Å². The van der Waals surface area contributed by atoms with Crippen molar-refractivity contribution < 1.29 is 33.6 Å². The molecule has 0 bridgehead atoms. The molecule has 0 radical (unpaired) electrons. The van der Waals surface area contributed by atoms with Crippen molar-refractivity contribution in [3.05, 3.63) is 39.8 Å². The molecule has 1 aromatic rings. The summed E-state index contributed by atoms with van der Waals surface area (Å²) in [7, 11) is 0. The number of carbonyl (C=O) groups excluding carboxylic acids is 1. The van der Waals surface area contributed by atoms with Crippen molar-refractivity contribution in [2.24, 2.45) is 16.0 Å². The number of aliphatic imine (C=N–C) groups is 1. The molecule has 0 saturated heterocycles. The Hall–Kier alpha value is -3.18. The maximum Gasteiger partial charge on any atom is 0.304 e. The minimum atomic E-state index is -0.985. The molecule has 12 heteroatoms. The van der Waals surface area contributed by atoms with Crippen molar-refractivity contribution in [3.8, 4) is 5.75 Å². The van der Waals surface area contributed by atoms with E-state index in [4.69, 9.17) is 24.5 Å². The van der Waals surface area contributed by atoms with Crippen LogP contribution in [0, 0.1) is 5.92 Å². The van der Waals surface area contributed by atoms with Crippen LogP contribution < -0.4 is 4.74 Å². The summed E-state index contributed by atoms with van der Waals surface area (Å²) in [6, 6.07) is 5.85. The van der Waals surface area contributed by atoms with Gasteiger partial charge in [-0.3, -0.25) is 14.6 Å². The Kier molecular flexibility index (Phi) is 15.0. The maximum absolute atomic E-state index is 13.2. The van der Waals surface area contributed by atoms with Crippen molar-refractivity contribution in [1.82, 2.24) is 4.90 Å². The number of azide groups is 1. The van der Waals surface area contributed by atoms with Gasteiger partial charge in [0.25, 0.3) is 0 Å². The molecule has 2 heterocycles. The highest BCUT2D eigenvalue weighted by atomic mass is 16.5. The maximum atomic E-state index is 13.2. The highest BCUT2D eigenvalue weighted by Gasteiger charge is 2.31. The van der Waals surface area contributed by atoms with Crippen LogP contribution in [0.3, 0.4) is 0 Å². The molecule has 226 valence electrons. The number of carbonyl (C=O) groups is 2. The number of unbranched alkanes of at least 4 members (excludes halogenated alkanes) is 1. The lowest BCUT2D eigenvalue weighted by Gasteiger charge is -2.24. The predicted octanol–water partition coefficient (Wildman–Crippen LogP) is 4.20. The summed E-state index contributed by atoms with van der Waals surface area (Å²) in [6.07, 6.45) is 6.80. The summed E-state index contributed by atoms with van der Waals surface area (Å²) in [4.78, 5) is 33.7. The van der Waals surface area contributed by atoms with Crippen LogP contribution in [0.5, 0.6) is 5.75 Å². The number of aliphatic carboxylic acids is 1. The van der Waals surface area contributed by atoms with E-state index in [0.717, 1.165) is 49.1 Å². The lowest BCUT2D eigenvalue weighted by atomic mass is 9.94. The Morgan fingerprint density at radius 1 is 1.05 bits per heavy atom. The number of nitrogens with zero attached hydrogens (tertiary/aromatic N) is 5. The predicted molar refractivity (Wildman–Crippen MR) is 153 cm³/mol. The van der Waals surface area contributed by atoms with E-state index in [-0.39, 0.29) is 18.9 Å².